The summed E-state index contributed by atoms with van der Waals surface area (Å²) in [4.78, 5) is 21.7. The third-order valence-corrected chi connectivity index (χ3v) is 1.74. The first-order valence-corrected chi connectivity index (χ1v) is 3.70. The Morgan fingerprint density at radius 1 is 1.46 bits per heavy atom. The van der Waals surface area contributed by atoms with Crippen molar-refractivity contribution in [3.8, 4) is 0 Å². The molecule has 70 valence electrons. The number of allylic oxidation sites excluding steroid dienone is 2. The number of carbonyl (C=O) groups is 2. The van der Waals surface area contributed by atoms with Gasteiger partial charge in [-0.2, -0.15) is 0 Å². The number of carboxylic acid groups (broad SMARTS) is 2. The Morgan fingerprint density at radius 3 is 2.54 bits per heavy atom. The maximum Gasteiger partial charge on any atom is 0.412 e. The smallest absolute Gasteiger partial charge is 0.412 e. The summed E-state index contributed by atoms with van der Waals surface area (Å²) in [5, 5.41) is 17.4. The Kier molecular flexibility index (Phi) is 2.57. The molecule has 0 saturated heterocycles. The van der Waals surface area contributed by atoms with Crippen molar-refractivity contribution in [2.24, 2.45) is 0 Å². The topological polar surface area (TPSA) is 77.8 Å². The highest BCUT2D eigenvalue weighted by Crippen LogP contribution is 2.16. The number of rotatable bonds is 1. The highest BCUT2D eigenvalue weighted by atomic mass is 35.5. The number of amides is 1. The van der Waals surface area contributed by atoms with E-state index in [1.54, 1.807) is 0 Å². The van der Waals surface area contributed by atoms with Crippen molar-refractivity contribution in [2.45, 2.75) is 6.04 Å². The fraction of sp³-hybridized carbons (Fsp3) is 0.143. The van der Waals surface area contributed by atoms with Crippen LogP contribution in [-0.4, -0.2) is 33.2 Å². The summed E-state index contributed by atoms with van der Waals surface area (Å²) in [6.07, 6.45) is 2.25. The van der Waals surface area contributed by atoms with Gasteiger partial charge in [0.2, 0.25) is 0 Å². The quantitative estimate of drug-likeness (QED) is 0.668. The average molecular weight is 204 g/mol. The van der Waals surface area contributed by atoms with Gasteiger partial charge < -0.3 is 10.2 Å². The highest BCUT2D eigenvalue weighted by molar-refractivity contribution is 6.31. The first kappa shape index (κ1) is 9.60. The number of hydrogen-bond acceptors (Lipinski definition) is 2. The van der Waals surface area contributed by atoms with Gasteiger partial charge in [-0.25, -0.2) is 9.59 Å². The molecule has 6 heteroatoms. The van der Waals surface area contributed by atoms with E-state index in [-0.39, 0.29) is 5.03 Å². The summed E-state index contributed by atoms with van der Waals surface area (Å²) in [6.45, 7) is 0. The lowest BCUT2D eigenvalue weighted by Crippen LogP contribution is -2.40. The standard InChI is InChI=1S/C7H6ClNO4/c8-4-1-2-9(7(12)13)5(3-4)6(10)11/h1-3,5H,(H,10,11)(H,12,13). The van der Waals surface area contributed by atoms with E-state index < -0.39 is 18.1 Å². The highest BCUT2D eigenvalue weighted by Gasteiger charge is 2.28. The van der Waals surface area contributed by atoms with Crippen LogP contribution in [0.1, 0.15) is 0 Å². The minimum absolute atomic E-state index is 0.213. The summed E-state index contributed by atoms with van der Waals surface area (Å²) >= 11 is 5.52. The normalized spacial score (nSPS) is 21.2. The van der Waals surface area contributed by atoms with Crippen molar-refractivity contribution >= 4 is 23.7 Å². The van der Waals surface area contributed by atoms with Crippen molar-refractivity contribution in [3.63, 3.8) is 0 Å². The molecule has 1 rings (SSSR count). The van der Waals surface area contributed by atoms with Crippen molar-refractivity contribution < 1.29 is 19.8 Å². The van der Waals surface area contributed by atoms with Gasteiger partial charge in [0.1, 0.15) is 0 Å². The van der Waals surface area contributed by atoms with Crippen LogP contribution >= 0.6 is 11.6 Å². The molecule has 1 heterocycles. The van der Waals surface area contributed by atoms with Crippen molar-refractivity contribution in [1.29, 1.82) is 0 Å². The van der Waals surface area contributed by atoms with Gasteiger partial charge in [-0.3, -0.25) is 4.90 Å². The zero-order valence-corrected chi connectivity index (χ0v) is 7.10. The van der Waals surface area contributed by atoms with Crippen molar-refractivity contribution in [2.75, 3.05) is 0 Å². The molecule has 1 aliphatic heterocycles. The van der Waals surface area contributed by atoms with E-state index in [4.69, 9.17) is 21.8 Å². The van der Waals surface area contributed by atoms with Crippen molar-refractivity contribution in [3.05, 3.63) is 23.4 Å². The largest absolute Gasteiger partial charge is 0.479 e. The predicted octanol–water partition coefficient (Wildman–Crippen LogP) is 1.07. The second kappa shape index (κ2) is 3.49. The molecule has 0 fully saturated rings. The van der Waals surface area contributed by atoms with Crippen LogP contribution < -0.4 is 0 Å². The third-order valence-electron chi connectivity index (χ3n) is 1.49. The van der Waals surface area contributed by atoms with Gasteiger partial charge in [0, 0.05) is 11.2 Å². The zero-order chi connectivity index (χ0) is 10.0. The Hall–Kier alpha value is -1.49. The Morgan fingerprint density at radius 2 is 2.08 bits per heavy atom. The molecule has 0 saturated carbocycles. The maximum atomic E-state index is 10.6. The third kappa shape index (κ3) is 2.00. The molecule has 13 heavy (non-hydrogen) atoms. The van der Waals surface area contributed by atoms with E-state index in [1.165, 1.54) is 6.08 Å². The molecule has 1 unspecified atom stereocenters. The van der Waals surface area contributed by atoms with E-state index >= 15 is 0 Å². The molecule has 0 aromatic carbocycles. The second-order valence-corrected chi connectivity index (χ2v) is 2.78. The Bertz CT molecular complexity index is 310. The summed E-state index contributed by atoms with van der Waals surface area (Å²) in [5.41, 5.74) is 0. The summed E-state index contributed by atoms with van der Waals surface area (Å²) < 4.78 is 0. The molecule has 0 radical (unpaired) electrons. The first-order valence-electron chi connectivity index (χ1n) is 3.32. The molecule has 0 aromatic rings. The molecule has 1 atom stereocenters. The van der Waals surface area contributed by atoms with Crippen LogP contribution in [0.3, 0.4) is 0 Å². The van der Waals surface area contributed by atoms with E-state index in [9.17, 15) is 9.59 Å². The predicted molar refractivity (Wildman–Crippen MR) is 44.4 cm³/mol. The number of aliphatic carboxylic acids is 1. The summed E-state index contributed by atoms with van der Waals surface area (Å²) in [6, 6.07) is -1.24. The van der Waals surface area contributed by atoms with E-state index in [0.717, 1.165) is 12.3 Å². The molecule has 1 aliphatic rings. The first-order chi connectivity index (χ1) is 6.02. The van der Waals surface area contributed by atoms with Gasteiger partial charge in [-0.05, 0) is 12.2 Å². The SMILES string of the molecule is O=C(O)C1C=C(Cl)C=CN1C(=O)O. The van der Waals surface area contributed by atoms with Crippen LogP contribution in [0.2, 0.25) is 0 Å². The van der Waals surface area contributed by atoms with E-state index in [0.29, 0.717) is 4.90 Å². The van der Waals surface area contributed by atoms with Crippen LogP contribution in [0.25, 0.3) is 0 Å². The summed E-state index contributed by atoms with van der Waals surface area (Å²) in [7, 11) is 0. The fourth-order valence-electron chi connectivity index (χ4n) is 0.904. The van der Waals surface area contributed by atoms with Crippen LogP contribution in [0.5, 0.6) is 0 Å². The zero-order valence-electron chi connectivity index (χ0n) is 6.35. The molecule has 2 N–H and O–H groups in total. The number of halogens is 1. The lowest BCUT2D eigenvalue weighted by atomic mass is 10.2. The van der Waals surface area contributed by atoms with Crippen LogP contribution in [0.15, 0.2) is 23.4 Å². The number of nitrogens with zero attached hydrogens (tertiary/aromatic N) is 1. The average Bonchev–Trinajstić information content (AvgIpc) is 2.03. The lowest BCUT2D eigenvalue weighted by molar-refractivity contribution is -0.140. The lowest BCUT2D eigenvalue weighted by Gasteiger charge is -2.22. The second-order valence-electron chi connectivity index (χ2n) is 2.34. The Labute approximate surface area is 78.5 Å². The molecule has 0 aliphatic carbocycles. The van der Waals surface area contributed by atoms with Crippen LogP contribution in [0.4, 0.5) is 4.79 Å². The van der Waals surface area contributed by atoms with Gasteiger partial charge in [0.25, 0.3) is 0 Å². The van der Waals surface area contributed by atoms with Gasteiger partial charge in [-0.1, -0.05) is 11.6 Å². The van der Waals surface area contributed by atoms with Gasteiger partial charge in [0.15, 0.2) is 6.04 Å². The molecule has 0 spiro atoms. The molecule has 0 aromatic heterocycles. The van der Waals surface area contributed by atoms with E-state index in [2.05, 4.69) is 0 Å². The minimum atomic E-state index is -1.33. The van der Waals surface area contributed by atoms with Crippen molar-refractivity contribution in [1.82, 2.24) is 4.90 Å². The number of carboxylic acids is 1. The Balaban J connectivity index is 2.94. The van der Waals surface area contributed by atoms with Gasteiger partial charge in [0.05, 0.1) is 0 Å². The van der Waals surface area contributed by atoms with Gasteiger partial charge in [-0.15, -0.1) is 0 Å². The van der Waals surface area contributed by atoms with Crippen LogP contribution in [-0.2, 0) is 4.79 Å². The van der Waals surface area contributed by atoms with E-state index in [1.807, 2.05) is 0 Å². The molecular weight excluding hydrogens is 198 g/mol. The fourth-order valence-corrected chi connectivity index (χ4v) is 1.08. The molecule has 0 bridgehead atoms. The molecule has 5 nitrogen and oxygen atoms in total. The number of hydrogen-bond donors (Lipinski definition) is 2. The molecule has 1 amide bonds. The van der Waals surface area contributed by atoms with Crippen LogP contribution in [0, 0.1) is 0 Å². The minimum Gasteiger partial charge on any atom is -0.479 e. The summed E-state index contributed by atoms with van der Waals surface area (Å²) in [5.74, 6) is -1.26. The van der Waals surface area contributed by atoms with Gasteiger partial charge >= 0.3 is 12.1 Å². The maximum absolute atomic E-state index is 10.6. The molecular formula is C7H6ClNO4. The monoisotopic (exact) mass is 203 g/mol.